The molecule has 0 fully saturated rings. The summed E-state index contributed by atoms with van der Waals surface area (Å²) in [6.07, 6.45) is -0.734. The lowest BCUT2D eigenvalue weighted by Gasteiger charge is -2.23. The van der Waals surface area contributed by atoms with Gasteiger partial charge in [0.25, 0.3) is 5.91 Å². The Labute approximate surface area is 162 Å². The zero-order valence-corrected chi connectivity index (χ0v) is 16.2. The lowest BCUT2D eigenvalue weighted by atomic mass is 10.1. The van der Waals surface area contributed by atoms with E-state index in [2.05, 4.69) is 16.0 Å². The van der Waals surface area contributed by atoms with Gasteiger partial charge in [-0.25, -0.2) is 0 Å². The molecule has 0 spiro atoms. The van der Waals surface area contributed by atoms with Crippen LogP contribution in [0.3, 0.4) is 0 Å². The van der Waals surface area contributed by atoms with Gasteiger partial charge >= 0.3 is 0 Å². The van der Waals surface area contributed by atoms with E-state index in [1.54, 1.807) is 12.1 Å². The third-order valence-electron chi connectivity index (χ3n) is 3.41. The maximum absolute atomic E-state index is 12.3. The van der Waals surface area contributed by atoms with Gasteiger partial charge in [-0.15, -0.1) is 23.2 Å². The Morgan fingerprint density at radius 2 is 1.68 bits per heavy atom. The maximum atomic E-state index is 12.3. The zero-order valence-electron chi connectivity index (χ0n) is 13.8. The van der Waals surface area contributed by atoms with E-state index < -0.39 is 11.0 Å². The van der Waals surface area contributed by atoms with Gasteiger partial charge in [-0.1, -0.05) is 29.8 Å². The van der Waals surface area contributed by atoms with Crippen molar-refractivity contribution in [3.8, 4) is 0 Å². The number of amides is 1. The summed E-state index contributed by atoms with van der Waals surface area (Å²) in [6.45, 7) is 3.94. The molecule has 0 radical (unpaired) electrons. The number of hydrogen-bond donors (Lipinski definition) is 3. The van der Waals surface area contributed by atoms with E-state index in [0.717, 1.165) is 16.8 Å². The lowest BCUT2D eigenvalue weighted by molar-refractivity contribution is 0.0936. The Bertz CT molecular complexity index is 750. The molecule has 0 bridgehead atoms. The number of nitrogens with one attached hydrogen (secondary N) is 3. The van der Waals surface area contributed by atoms with E-state index in [-0.39, 0.29) is 5.91 Å². The molecule has 132 valence electrons. The Morgan fingerprint density at radius 3 is 2.28 bits per heavy atom. The molecule has 7 heteroatoms. The highest BCUT2D eigenvalue weighted by molar-refractivity contribution is 7.80. The van der Waals surface area contributed by atoms with Crippen LogP contribution in [0.1, 0.15) is 21.5 Å². The first kappa shape index (κ1) is 19.5. The van der Waals surface area contributed by atoms with E-state index in [1.165, 1.54) is 0 Å². The third-order valence-corrected chi connectivity index (χ3v) is 4.14. The Kier molecular flexibility index (Phi) is 7.05. The predicted molar refractivity (Wildman–Crippen MR) is 108 cm³/mol. The summed E-state index contributed by atoms with van der Waals surface area (Å²) in [7, 11) is 0. The van der Waals surface area contributed by atoms with Crippen LogP contribution in [0.25, 0.3) is 0 Å². The standard InChI is InChI=1S/C18H19Cl2N3OS/c1-11-6-8-13(9-7-11)17(24)22-16(15(19)20)23-18(25)21-14-5-3-4-12(2)10-14/h3-10,15-16H,1-2H3,(H,22,24)(H2,21,23,25)/t16-/m1/s1. The van der Waals surface area contributed by atoms with Crippen molar-refractivity contribution in [1.29, 1.82) is 0 Å². The van der Waals surface area contributed by atoms with Gasteiger partial charge in [-0.05, 0) is 55.9 Å². The van der Waals surface area contributed by atoms with Crippen molar-refractivity contribution in [2.24, 2.45) is 0 Å². The number of hydrogen-bond acceptors (Lipinski definition) is 2. The van der Waals surface area contributed by atoms with E-state index in [1.807, 2.05) is 50.2 Å². The van der Waals surface area contributed by atoms with Gasteiger partial charge < -0.3 is 16.0 Å². The molecule has 2 aromatic carbocycles. The van der Waals surface area contributed by atoms with E-state index in [4.69, 9.17) is 35.4 Å². The molecule has 3 N–H and O–H groups in total. The number of anilines is 1. The van der Waals surface area contributed by atoms with Crippen LogP contribution in [0.15, 0.2) is 48.5 Å². The number of carbonyl (C=O) groups excluding carboxylic acids is 1. The van der Waals surface area contributed by atoms with Crippen LogP contribution >= 0.6 is 35.4 Å². The molecule has 0 heterocycles. The highest BCUT2D eigenvalue weighted by atomic mass is 35.5. The van der Waals surface area contributed by atoms with Gasteiger partial charge in [0.2, 0.25) is 0 Å². The van der Waals surface area contributed by atoms with Crippen molar-refractivity contribution in [3.63, 3.8) is 0 Å². The smallest absolute Gasteiger partial charge is 0.252 e. The van der Waals surface area contributed by atoms with E-state index in [9.17, 15) is 4.79 Å². The van der Waals surface area contributed by atoms with Gasteiger partial charge in [0, 0.05) is 11.3 Å². The fourth-order valence-electron chi connectivity index (χ4n) is 2.12. The number of benzene rings is 2. The summed E-state index contributed by atoms with van der Waals surface area (Å²) in [5, 5.41) is 9.01. The fourth-order valence-corrected chi connectivity index (χ4v) is 2.62. The first-order chi connectivity index (χ1) is 11.8. The number of carbonyl (C=O) groups is 1. The molecule has 0 aromatic heterocycles. The second kappa shape index (κ2) is 9.04. The van der Waals surface area contributed by atoms with Crippen LogP contribution in [-0.4, -0.2) is 22.0 Å². The van der Waals surface area contributed by atoms with Gasteiger partial charge in [-0.3, -0.25) is 4.79 Å². The Balaban J connectivity index is 1.99. The van der Waals surface area contributed by atoms with E-state index in [0.29, 0.717) is 10.7 Å². The molecule has 2 rings (SSSR count). The SMILES string of the molecule is Cc1ccc(C(=O)N[C@H](NC(=S)Nc2cccc(C)c2)C(Cl)Cl)cc1. The Morgan fingerprint density at radius 1 is 1.00 bits per heavy atom. The quantitative estimate of drug-likeness (QED) is 0.404. The van der Waals surface area contributed by atoms with Crippen LogP contribution in [0, 0.1) is 13.8 Å². The first-order valence-corrected chi connectivity index (χ1v) is 8.93. The summed E-state index contributed by atoms with van der Waals surface area (Å²) in [4.78, 5) is 11.4. The van der Waals surface area contributed by atoms with Crippen LogP contribution in [-0.2, 0) is 0 Å². The summed E-state index contributed by atoms with van der Waals surface area (Å²) >= 11 is 17.2. The summed E-state index contributed by atoms with van der Waals surface area (Å²) in [5.74, 6) is -0.290. The van der Waals surface area contributed by atoms with Crippen molar-refractivity contribution in [1.82, 2.24) is 10.6 Å². The predicted octanol–water partition coefficient (Wildman–Crippen LogP) is 4.15. The highest BCUT2D eigenvalue weighted by Gasteiger charge is 2.21. The monoisotopic (exact) mass is 395 g/mol. The third kappa shape index (κ3) is 6.20. The topological polar surface area (TPSA) is 53.2 Å². The summed E-state index contributed by atoms with van der Waals surface area (Å²) < 4.78 is 0. The highest BCUT2D eigenvalue weighted by Crippen LogP contribution is 2.11. The molecule has 0 aliphatic rings. The second-order valence-corrected chi connectivity index (χ2v) is 7.19. The molecule has 2 aromatic rings. The minimum absolute atomic E-state index is 0.290. The van der Waals surface area contributed by atoms with Crippen LogP contribution in [0.4, 0.5) is 5.69 Å². The number of aryl methyl sites for hydroxylation is 2. The minimum atomic E-state index is -0.883. The second-order valence-electron chi connectivity index (χ2n) is 5.62. The molecule has 0 saturated heterocycles. The summed E-state index contributed by atoms with van der Waals surface area (Å²) in [5.41, 5.74) is 3.53. The van der Waals surface area contributed by atoms with Crippen LogP contribution < -0.4 is 16.0 Å². The van der Waals surface area contributed by atoms with Gasteiger partial charge in [0.1, 0.15) is 11.0 Å². The molecule has 4 nitrogen and oxygen atoms in total. The van der Waals surface area contributed by atoms with Crippen molar-refractivity contribution in [2.45, 2.75) is 24.8 Å². The van der Waals surface area contributed by atoms with Crippen molar-refractivity contribution >= 4 is 52.1 Å². The van der Waals surface area contributed by atoms with Crippen LogP contribution in [0.2, 0.25) is 0 Å². The molecule has 0 unspecified atom stereocenters. The molecular formula is C18H19Cl2N3OS. The number of thiocarbonyl (C=S) groups is 1. The number of alkyl halides is 2. The number of halogens is 2. The van der Waals surface area contributed by atoms with Crippen molar-refractivity contribution in [3.05, 3.63) is 65.2 Å². The maximum Gasteiger partial charge on any atom is 0.252 e. The first-order valence-electron chi connectivity index (χ1n) is 7.65. The van der Waals surface area contributed by atoms with Crippen molar-refractivity contribution in [2.75, 3.05) is 5.32 Å². The Hall–Kier alpha value is -1.82. The summed E-state index contributed by atoms with van der Waals surface area (Å²) in [6, 6.07) is 14.9. The molecular weight excluding hydrogens is 377 g/mol. The normalized spacial score (nSPS) is 11.7. The molecule has 1 atom stereocenters. The molecule has 0 aliphatic heterocycles. The van der Waals surface area contributed by atoms with Gasteiger partial charge in [0.05, 0.1) is 0 Å². The van der Waals surface area contributed by atoms with Crippen LogP contribution in [0.5, 0.6) is 0 Å². The molecule has 25 heavy (non-hydrogen) atoms. The van der Waals surface area contributed by atoms with E-state index >= 15 is 0 Å². The molecule has 0 aliphatic carbocycles. The van der Waals surface area contributed by atoms with Gasteiger partial charge in [0.15, 0.2) is 5.11 Å². The molecule has 1 amide bonds. The fraction of sp³-hybridized carbons (Fsp3) is 0.222. The largest absolute Gasteiger partial charge is 0.340 e. The van der Waals surface area contributed by atoms with Gasteiger partial charge in [-0.2, -0.15) is 0 Å². The van der Waals surface area contributed by atoms with Crippen molar-refractivity contribution < 1.29 is 4.79 Å². The minimum Gasteiger partial charge on any atom is -0.340 e. The average Bonchev–Trinajstić information content (AvgIpc) is 2.54. The number of rotatable bonds is 5. The lowest BCUT2D eigenvalue weighted by Crippen LogP contribution is -2.52. The molecule has 0 saturated carbocycles. The average molecular weight is 396 g/mol. The zero-order chi connectivity index (χ0) is 18.4.